The van der Waals surface area contributed by atoms with Crippen LogP contribution in [0.15, 0.2) is 0 Å². The molecule has 60 heavy (non-hydrogen) atoms. The van der Waals surface area contributed by atoms with E-state index in [1.165, 1.54) is 212 Å². The highest BCUT2D eigenvalue weighted by molar-refractivity contribution is 5.71. The summed E-state index contributed by atoms with van der Waals surface area (Å²) in [5.41, 5.74) is 0. The average molecular weight is 849 g/mol. The van der Waals surface area contributed by atoms with Crippen LogP contribution in [0.25, 0.3) is 0 Å². The molecule has 0 saturated heterocycles. The van der Waals surface area contributed by atoms with Gasteiger partial charge in [-0.25, -0.2) is 0 Å². The van der Waals surface area contributed by atoms with Crippen LogP contribution in [0.3, 0.4) is 0 Å². The molecule has 6 nitrogen and oxygen atoms in total. The van der Waals surface area contributed by atoms with Crippen LogP contribution < -0.4 is 0 Å². The maximum absolute atomic E-state index is 12.8. The number of carbonyl (C=O) groups excluding carboxylic acids is 3. The van der Waals surface area contributed by atoms with Gasteiger partial charge in [0.15, 0.2) is 6.10 Å². The van der Waals surface area contributed by atoms with E-state index in [2.05, 4.69) is 20.8 Å². The molecule has 0 fully saturated rings. The van der Waals surface area contributed by atoms with E-state index in [0.29, 0.717) is 19.3 Å². The van der Waals surface area contributed by atoms with Crippen LogP contribution >= 0.6 is 0 Å². The topological polar surface area (TPSA) is 78.9 Å². The predicted molar refractivity (Wildman–Crippen MR) is 257 cm³/mol. The quantitative estimate of drug-likeness (QED) is 0.0345. The zero-order chi connectivity index (χ0) is 43.7. The highest BCUT2D eigenvalue weighted by Gasteiger charge is 2.19. The molecule has 0 amide bonds. The first-order valence-electron chi connectivity index (χ1n) is 27.0. The fourth-order valence-corrected chi connectivity index (χ4v) is 8.27. The maximum atomic E-state index is 12.8. The van der Waals surface area contributed by atoms with Gasteiger partial charge in [-0.3, -0.25) is 14.4 Å². The zero-order valence-electron chi connectivity index (χ0n) is 40.8. The predicted octanol–water partition coefficient (Wildman–Crippen LogP) is 17.6. The second-order valence-electron chi connectivity index (χ2n) is 18.5. The molecule has 356 valence electrons. The Kier molecular flexibility index (Phi) is 48.7. The molecular formula is C54H104O6. The Morgan fingerprint density at radius 2 is 0.450 bits per heavy atom. The Balaban J connectivity index is 4.25. The summed E-state index contributed by atoms with van der Waals surface area (Å²) < 4.78 is 16.8. The Hall–Kier alpha value is -1.59. The van der Waals surface area contributed by atoms with Gasteiger partial charge in [-0.05, 0) is 19.3 Å². The van der Waals surface area contributed by atoms with E-state index in [4.69, 9.17) is 14.2 Å². The minimum atomic E-state index is -0.759. The van der Waals surface area contributed by atoms with Crippen LogP contribution in [0.2, 0.25) is 0 Å². The van der Waals surface area contributed by atoms with Gasteiger partial charge < -0.3 is 14.2 Å². The molecule has 0 N–H and O–H groups in total. The highest BCUT2D eigenvalue weighted by Crippen LogP contribution is 2.17. The van der Waals surface area contributed by atoms with Crippen LogP contribution in [0.5, 0.6) is 0 Å². The molecule has 0 aliphatic rings. The average Bonchev–Trinajstić information content (AvgIpc) is 3.24. The van der Waals surface area contributed by atoms with E-state index in [1.54, 1.807) is 0 Å². The van der Waals surface area contributed by atoms with Gasteiger partial charge in [0.2, 0.25) is 0 Å². The molecule has 0 aliphatic carbocycles. The van der Waals surface area contributed by atoms with Crippen molar-refractivity contribution in [3.05, 3.63) is 0 Å². The summed E-state index contributed by atoms with van der Waals surface area (Å²) in [5, 5.41) is 0. The first-order chi connectivity index (χ1) is 29.5. The van der Waals surface area contributed by atoms with Crippen LogP contribution in [0.4, 0.5) is 0 Å². The monoisotopic (exact) mass is 849 g/mol. The third-order valence-corrected chi connectivity index (χ3v) is 12.4. The van der Waals surface area contributed by atoms with E-state index < -0.39 is 6.10 Å². The molecule has 0 heterocycles. The van der Waals surface area contributed by atoms with Crippen molar-refractivity contribution in [2.24, 2.45) is 0 Å². The lowest BCUT2D eigenvalue weighted by Gasteiger charge is -2.18. The van der Waals surface area contributed by atoms with Crippen molar-refractivity contribution in [3.63, 3.8) is 0 Å². The van der Waals surface area contributed by atoms with Crippen molar-refractivity contribution < 1.29 is 28.6 Å². The van der Waals surface area contributed by atoms with Gasteiger partial charge in [0.25, 0.3) is 0 Å². The zero-order valence-corrected chi connectivity index (χ0v) is 40.8. The van der Waals surface area contributed by atoms with Gasteiger partial charge in [0.1, 0.15) is 13.2 Å². The summed E-state index contributed by atoms with van der Waals surface area (Å²) in [7, 11) is 0. The summed E-state index contributed by atoms with van der Waals surface area (Å²) in [6, 6.07) is 0. The van der Waals surface area contributed by atoms with Crippen LogP contribution in [0, 0.1) is 0 Å². The summed E-state index contributed by atoms with van der Waals surface area (Å²) in [4.78, 5) is 37.9. The van der Waals surface area contributed by atoms with Crippen LogP contribution in [-0.2, 0) is 28.6 Å². The van der Waals surface area contributed by atoms with Crippen molar-refractivity contribution in [2.75, 3.05) is 13.2 Å². The molecule has 0 rings (SSSR count). The van der Waals surface area contributed by atoms with Crippen molar-refractivity contribution in [3.8, 4) is 0 Å². The van der Waals surface area contributed by atoms with Crippen LogP contribution in [-0.4, -0.2) is 37.2 Å². The standard InChI is InChI=1S/C54H104O6/c1-4-7-10-13-16-19-22-24-25-26-27-28-29-30-33-36-39-42-45-48-54(57)60-51(49-58-52(55)46-43-40-37-34-31-21-18-15-12-9-6-3)50-59-53(56)47-44-41-38-35-32-23-20-17-14-11-8-5-2/h51H,4-50H2,1-3H3/t51-/m1/s1. The lowest BCUT2D eigenvalue weighted by molar-refractivity contribution is -0.167. The third-order valence-electron chi connectivity index (χ3n) is 12.4. The molecule has 0 aromatic rings. The van der Waals surface area contributed by atoms with Gasteiger partial charge in [-0.2, -0.15) is 0 Å². The van der Waals surface area contributed by atoms with E-state index in [0.717, 1.165) is 57.8 Å². The van der Waals surface area contributed by atoms with Gasteiger partial charge in [0.05, 0.1) is 0 Å². The van der Waals surface area contributed by atoms with Crippen molar-refractivity contribution in [2.45, 2.75) is 316 Å². The number of ether oxygens (including phenoxy) is 3. The van der Waals surface area contributed by atoms with Crippen LogP contribution in [0.1, 0.15) is 310 Å². The van der Waals surface area contributed by atoms with E-state index in [1.807, 2.05) is 0 Å². The first-order valence-corrected chi connectivity index (χ1v) is 27.0. The molecule has 0 spiro atoms. The van der Waals surface area contributed by atoms with Gasteiger partial charge >= 0.3 is 17.9 Å². The Labute approximate surface area is 374 Å². The second kappa shape index (κ2) is 50.1. The molecule has 0 bridgehead atoms. The molecular weight excluding hydrogens is 745 g/mol. The Morgan fingerprint density at radius 1 is 0.267 bits per heavy atom. The summed E-state index contributed by atoms with van der Waals surface area (Å²) in [5.74, 6) is -0.840. The number of hydrogen-bond acceptors (Lipinski definition) is 6. The first kappa shape index (κ1) is 58.4. The van der Waals surface area contributed by atoms with Crippen molar-refractivity contribution in [1.29, 1.82) is 0 Å². The third kappa shape index (κ3) is 47.5. The van der Waals surface area contributed by atoms with Gasteiger partial charge in [-0.1, -0.05) is 271 Å². The molecule has 1 atom stereocenters. The Morgan fingerprint density at radius 3 is 0.667 bits per heavy atom. The minimum absolute atomic E-state index is 0.0618. The molecule has 0 aliphatic heterocycles. The summed E-state index contributed by atoms with van der Waals surface area (Å²) in [6.45, 7) is 6.68. The van der Waals surface area contributed by atoms with E-state index in [-0.39, 0.29) is 31.1 Å². The largest absolute Gasteiger partial charge is 0.462 e. The number of hydrogen-bond donors (Lipinski definition) is 0. The van der Waals surface area contributed by atoms with E-state index in [9.17, 15) is 14.4 Å². The van der Waals surface area contributed by atoms with Crippen molar-refractivity contribution in [1.82, 2.24) is 0 Å². The number of unbranched alkanes of at least 4 members (excludes halogenated alkanes) is 39. The highest BCUT2D eigenvalue weighted by atomic mass is 16.6. The molecule has 0 aromatic carbocycles. The fourth-order valence-electron chi connectivity index (χ4n) is 8.27. The molecule has 0 radical (unpaired) electrons. The molecule has 0 saturated carbocycles. The van der Waals surface area contributed by atoms with Gasteiger partial charge in [-0.15, -0.1) is 0 Å². The van der Waals surface area contributed by atoms with E-state index >= 15 is 0 Å². The molecule has 0 unspecified atom stereocenters. The second-order valence-corrected chi connectivity index (χ2v) is 18.5. The molecule has 0 aromatic heterocycles. The van der Waals surface area contributed by atoms with Crippen molar-refractivity contribution >= 4 is 17.9 Å². The lowest BCUT2D eigenvalue weighted by atomic mass is 10.0. The number of rotatable bonds is 50. The minimum Gasteiger partial charge on any atom is -0.462 e. The Bertz CT molecular complexity index is 889. The maximum Gasteiger partial charge on any atom is 0.306 e. The fraction of sp³-hybridized carbons (Fsp3) is 0.944. The number of carbonyl (C=O) groups is 3. The van der Waals surface area contributed by atoms with Gasteiger partial charge in [0, 0.05) is 19.3 Å². The normalized spacial score (nSPS) is 11.8. The lowest BCUT2D eigenvalue weighted by Crippen LogP contribution is -2.30. The SMILES string of the molecule is CCCCCCCCCCCCCCCCCCCCCC(=O)O[C@H](COC(=O)CCCCCCCCCCCCC)COC(=O)CCCCCCCCCCCCCC. The summed E-state index contributed by atoms with van der Waals surface area (Å²) >= 11 is 0. The molecule has 6 heteroatoms. The smallest absolute Gasteiger partial charge is 0.306 e. The number of esters is 3. The summed E-state index contributed by atoms with van der Waals surface area (Å²) in [6.07, 6.45) is 53.7.